The van der Waals surface area contributed by atoms with E-state index in [9.17, 15) is 9.59 Å². The summed E-state index contributed by atoms with van der Waals surface area (Å²) in [6.07, 6.45) is 1.60. The van der Waals surface area contributed by atoms with Gasteiger partial charge < -0.3 is 9.47 Å². The summed E-state index contributed by atoms with van der Waals surface area (Å²) in [7, 11) is 0. The minimum atomic E-state index is -0.233. The largest absolute Gasteiger partial charge is 0.492 e. The summed E-state index contributed by atoms with van der Waals surface area (Å²) >= 11 is 5.92. The molecule has 0 bridgehead atoms. The Balaban J connectivity index is 2.35. The molecule has 18 heavy (non-hydrogen) atoms. The fraction of sp³-hybridized carbons (Fsp3) is 0.385. The third kappa shape index (κ3) is 4.75. The molecule has 0 heterocycles. The second kappa shape index (κ2) is 7.71. The van der Waals surface area contributed by atoms with E-state index in [1.807, 2.05) is 0 Å². The van der Waals surface area contributed by atoms with Crippen molar-refractivity contribution >= 4 is 23.9 Å². The first-order chi connectivity index (χ1) is 8.67. The highest BCUT2D eigenvalue weighted by atomic mass is 35.5. The maximum absolute atomic E-state index is 11.1. The predicted molar refractivity (Wildman–Crippen MR) is 68.2 cm³/mol. The SMILES string of the molecule is CCOC(=O)CCCOc1ccc(C=O)cc1Cl. The van der Waals surface area contributed by atoms with E-state index >= 15 is 0 Å². The summed E-state index contributed by atoms with van der Waals surface area (Å²) < 4.78 is 10.2. The van der Waals surface area contributed by atoms with Gasteiger partial charge in [0.1, 0.15) is 12.0 Å². The molecule has 1 aromatic rings. The molecule has 0 fully saturated rings. The van der Waals surface area contributed by atoms with Crippen molar-refractivity contribution in [3.8, 4) is 5.75 Å². The average molecular weight is 271 g/mol. The summed E-state index contributed by atoms with van der Waals surface area (Å²) in [4.78, 5) is 21.6. The maximum Gasteiger partial charge on any atom is 0.305 e. The van der Waals surface area contributed by atoms with Gasteiger partial charge in [0.2, 0.25) is 0 Å². The van der Waals surface area contributed by atoms with Crippen molar-refractivity contribution in [1.29, 1.82) is 0 Å². The van der Waals surface area contributed by atoms with Gasteiger partial charge in [0, 0.05) is 12.0 Å². The predicted octanol–water partition coefficient (Wildman–Crippen LogP) is 2.87. The molecule has 0 aliphatic heterocycles. The zero-order valence-electron chi connectivity index (χ0n) is 10.1. The van der Waals surface area contributed by atoms with Gasteiger partial charge in [-0.2, -0.15) is 0 Å². The zero-order valence-corrected chi connectivity index (χ0v) is 10.9. The number of ether oxygens (including phenoxy) is 2. The van der Waals surface area contributed by atoms with E-state index in [1.165, 1.54) is 6.07 Å². The van der Waals surface area contributed by atoms with Crippen LogP contribution in [0.4, 0.5) is 0 Å². The zero-order chi connectivity index (χ0) is 13.4. The summed E-state index contributed by atoms with van der Waals surface area (Å²) in [6.45, 7) is 2.53. The molecule has 0 N–H and O–H groups in total. The maximum atomic E-state index is 11.1. The number of esters is 1. The third-order valence-corrected chi connectivity index (χ3v) is 2.48. The number of aldehydes is 1. The van der Waals surface area contributed by atoms with Gasteiger partial charge >= 0.3 is 5.97 Å². The van der Waals surface area contributed by atoms with Crippen LogP contribution in [0, 0.1) is 0 Å². The van der Waals surface area contributed by atoms with Gasteiger partial charge in [0.05, 0.1) is 18.2 Å². The van der Waals surface area contributed by atoms with Crippen molar-refractivity contribution in [2.45, 2.75) is 19.8 Å². The van der Waals surface area contributed by atoms with Gasteiger partial charge in [0.15, 0.2) is 0 Å². The molecule has 0 saturated carbocycles. The molecule has 0 aliphatic rings. The van der Waals surface area contributed by atoms with Crippen LogP contribution in [0.25, 0.3) is 0 Å². The lowest BCUT2D eigenvalue weighted by molar-refractivity contribution is -0.143. The third-order valence-electron chi connectivity index (χ3n) is 2.18. The van der Waals surface area contributed by atoms with Gasteiger partial charge in [-0.25, -0.2) is 0 Å². The fourth-order valence-electron chi connectivity index (χ4n) is 1.34. The number of hydrogen-bond donors (Lipinski definition) is 0. The monoisotopic (exact) mass is 270 g/mol. The number of carbonyl (C=O) groups is 2. The topological polar surface area (TPSA) is 52.6 Å². The van der Waals surface area contributed by atoms with E-state index in [0.29, 0.717) is 42.4 Å². The molecular weight excluding hydrogens is 256 g/mol. The number of hydrogen-bond acceptors (Lipinski definition) is 4. The minimum Gasteiger partial charge on any atom is -0.492 e. The van der Waals surface area contributed by atoms with Crippen LogP contribution in [-0.4, -0.2) is 25.5 Å². The molecule has 1 aromatic carbocycles. The molecule has 0 aliphatic carbocycles. The minimum absolute atomic E-state index is 0.233. The van der Waals surface area contributed by atoms with E-state index in [1.54, 1.807) is 19.1 Å². The van der Waals surface area contributed by atoms with E-state index < -0.39 is 0 Å². The highest BCUT2D eigenvalue weighted by Crippen LogP contribution is 2.25. The molecule has 0 spiro atoms. The van der Waals surface area contributed by atoms with Crippen LogP contribution in [0.5, 0.6) is 5.75 Å². The van der Waals surface area contributed by atoms with Crippen LogP contribution in [-0.2, 0) is 9.53 Å². The Morgan fingerprint density at radius 3 is 2.83 bits per heavy atom. The molecule has 0 saturated heterocycles. The average Bonchev–Trinajstić information content (AvgIpc) is 2.36. The summed E-state index contributed by atoms with van der Waals surface area (Å²) in [6, 6.07) is 4.80. The summed E-state index contributed by atoms with van der Waals surface area (Å²) in [5, 5.41) is 0.385. The number of rotatable bonds is 7. The molecule has 4 nitrogen and oxygen atoms in total. The van der Waals surface area contributed by atoms with Crippen LogP contribution in [0.3, 0.4) is 0 Å². The van der Waals surface area contributed by atoms with Crippen LogP contribution < -0.4 is 4.74 Å². The standard InChI is InChI=1S/C13H15ClO4/c1-2-17-13(16)4-3-7-18-12-6-5-10(9-15)8-11(12)14/h5-6,8-9H,2-4,7H2,1H3. The van der Waals surface area contributed by atoms with Crippen molar-refractivity contribution in [2.75, 3.05) is 13.2 Å². The Labute approximate surface area is 111 Å². The van der Waals surface area contributed by atoms with E-state index in [4.69, 9.17) is 21.1 Å². The molecule has 1 rings (SSSR count). The molecule has 0 amide bonds. The Kier molecular flexibility index (Phi) is 6.22. The fourth-order valence-corrected chi connectivity index (χ4v) is 1.58. The van der Waals surface area contributed by atoms with E-state index in [2.05, 4.69) is 0 Å². The lowest BCUT2D eigenvalue weighted by atomic mass is 10.2. The van der Waals surface area contributed by atoms with Gasteiger partial charge in [0.25, 0.3) is 0 Å². The lowest BCUT2D eigenvalue weighted by Gasteiger charge is -2.08. The first kappa shape index (κ1) is 14.5. The number of halogens is 1. The van der Waals surface area contributed by atoms with Crippen LogP contribution >= 0.6 is 11.6 Å². The highest BCUT2D eigenvalue weighted by Gasteiger charge is 2.04. The van der Waals surface area contributed by atoms with Gasteiger partial charge in [-0.1, -0.05) is 11.6 Å². The molecule has 0 aromatic heterocycles. The number of benzene rings is 1. The molecule has 0 atom stereocenters. The van der Waals surface area contributed by atoms with Crippen LogP contribution in [0.15, 0.2) is 18.2 Å². The Morgan fingerprint density at radius 1 is 1.44 bits per heavy atom. The molecule has 0 radical (unpaired) electrons. The van der Waals surface area contributed by atoms with Crippen molar-refractivity contribution in [3.05, 3.63) is 28.8 Å². The lowest BCUT2D eigenvalue weighted by Crippen LogP contribution is -2.06. The summed E-state index contributed by atoms with van der Waals surface area (Å²) in [5.74, 6) is 0.273. The Bertz CT molecular complexity index is 417. The molecular formula is C13H15ClO4. The molecule has 0 unspecified atom stereocenters. The normalized spacial score (nSPS) is 9.89. The second-order valence-corrected chi connectivity index (χ2v) is 3.97. The molecule has 98 valence electrons. The van der Waals surface area contributed by atoms with Crippen LogP contribution in [0.2, 0.25) is 5.02 Å². The Morgan fingerprint density at radius 2 is 2.22 bits per heavy atom. The number of carbonyl (C=O) groups excluding carboxylic acids is 2. The Hall–Kier alpha value is -1.55. The molecule has 5 heteroatoms. The van der Waals surface area contributed by atoms with Gasteiger partial charge in [-0.15, -0.1) is 0 Å². The van der Waals surface area contributed by atoms with Crippen molar-refractivity contribution < 1.29 is 19.1 Å². The first-order valence-corrected chi connectivity index (χ1v) is 6.08. The quantitative estimate of drug-likeness (QED) is 0.434. The summed E-state index contributed by atoms with van der Waals surface area (Å²) in [5.41, 5.74) is 0.499. The van der Waals surface area contributed by atoms with Gasteiger partial charge in [-0.3, -0.25) is 9.59 Å². The highest BCUT2D eigenvalue weighted by molar-refractivity contribution is 6.32. The second-order valence-electron chi connectivity index (χ2n) is 3.56. The van der Waals surface area contributed by atoms with Gasteiger partial charge in [-0.05, 0) is 31.5 Å². The van der Waals surface area contributed by atoms with Crippen molar-refractivity contribution in [2.24, 2.45) is 0 Å². The van der Waals surface area contributed by atoms with Crippen LogP contribution in [0.1, 0.15) is 30.1 Å². The first-order valence-electron chi connectivity index (χ1n) is 5.70. The smallest absolute Gasteiger partial charge is 0.305 e. The van der Waals surface area contributed by atoms with Crippen molar-refractivity contribution in [3.63, 3.8) is 0 Å². The van der Waals surface area contributed by atoms with E-state index in [0.717, 1.165) is 6.29 Å². The van der Waals surface area contributed by atoms with E-state index in [-0.39, 0.29) is 5.97 Å². The van der Waals surface area contributed by atoms with Crippen molar-refractivity contribution in [1.82, 2.24) is 0 Å².